The van der Waals surface area contributed by atoms with Crippen LogP contribution in [0.5, 0.6) is 0 Å². The van der Waals surface area contributed by atoms with E-state index in [1.165, 1.54) is 17.7 Å². The standard InChI is InChI=1S/C14H21N3O2/c18-14(8-12-3-1-2-6-19-12)16-11-4-5-13-10(7-11)9-15-17-13/h9,11-12H,1-8H2,(H,15,17)(H,16,18). The molecule has 19 heavy (non-hydrogen) atoms. The summed E-state index contributed by atoms with van der Waals surface area (Å²) in [6.07, 6.45) is 8.69. The summed E-state index contributed by atoms with van der Waals surface area (Å²) in [5, 5.41) is 10.2. The van der Waals surface area contributed by atoms with Crippen molar-refractivity contribution < 1.29 is 9.53 Å². The SMILES string of the molecule is O=C(CC1CCCCO1)NC1CCc2[nH]ncc2C1. The molecule has 0 aromatic carbocycles. The van der Waals surface area contributed by atoms with Gasteiger partial charge in [-0.2, -0.15) is 5.10 Å². The molecule has 2 atom stereocenters. The summed E-state index contributed by atoms with van der Waals surface area (Å²) in [4.78, 5) is 12.0. The number of hydrogen-bond acceptors (Lipinski definition) is 3. The molecular formula is C14H21N3O2. The number of aryl methyl sites for hydroxylation is 1. The van der Waals surface area contributed by atoms with E-state index in [0.717, 1.165) is 38.7 Å². The van der Waals surface area contributed by atoms with Crippen molar-refractivity contribution in [2.75, 3.05) is 6.61 Å². The molecule has 2 aliphatic rings. The van der Waals surface area contributed by atoms with Crippen LogP contribution in [0.15, 0.2) is 6.20 Å². The first-order chi connectivity index (χ1) is 9.31. The Hall–Kier alpha value is -1.36. The van der Waals surface area contributed by atoms with E-state index in [4.69, 9.17) is 4.74 Å². The quantitative estimate of drug-likeness (QED) is 0.865. The topological polar surface area (TPSA) is 67.0 Å². The first-order valence-corrected chi connectivity index (χ1v) is 7.23. The van der Waals surface area contributed by atoms with Gasteiger partial charge in [-0.05, 0) is 44.1 Å². The van der Waals surface area contributed by atoms with Crippen molar-refractivity contribution in [1.82, 2.24) is 15.5 Å². The van der Waals surface area contributed by atoms with Gasteiger partial charge in [0.1, 0.15) is 0 Å². The molecule has 1 aliphatic heterocycles. The van der Waals surface area contributed by atoms with Crippen LogP contribution in [0, 0.1) is 0 Å². The smallest absolute Gasteiger partial charge is 0.222 e. The molecule has 1 aromatic rings. The van der Waals surface area contributed by atoms with Gasteiger partial charge in [-0.25, -0.2) is 0 Å². The van der Waals surface area contributed by atoms with Crippen LogP contribution in [0.3, 0.4) is 0 Å². The molecule has 0 bridgehead atoms. The molecule has 2 N–H and O–H groups in total. The van der Waals surface area contributed by atoms with Gasteiger partial charge in [0.25, 0.3) is 0 Å². The van der Waals surface area contributed by atoms with E-state index in [9.17, 15) is 4.79 Å². The van der Waals surface area contributed by atoms with Crippen LogP contribution >= 0.6 is 0 Å². The minimum absolute atomic E-state index is 0.127. The molecule has 2 unspecified atom stereocenters. The highest BCUT2D eigenvalue weighted by Crippen LogP contribution is 2.20. The van der Waals surface area contributed by atoms with Gasteiger partial charge in [0, 0.05) is 18.3 Å². The average molecular weight is 263 g/mol. The number of ether oxygens (including phenoxy) is 1. The summed E-state index contributed by atoms with van der Waals surface area (Å²) in [6, 6.07) is 0.251. The van der Waals surface area contributed by atoms with Gasteiger partial charge in [-0.15, -0.1) is 0 Å². The maximum Gasteiger partial charge on any atom is 0.222 e. The van der Waals surface area contributed by atoms with Crippen molar-refractivity contribution in [2.24, 2.45) is 0 Å². The van der Waals surface area contributed by atoms with Crippen LogP contribution in [0.1, 0.15) is 43.4 Å². The fraction of sp³-hybridized carbons (Fsp3) is 0.714. The largest absolute Gasteiger partial charge is 0.378 e. The minimum Gasteiger partial charge on any atom is -0.378 e. The third-order valence-electron chi connectivity index (χ3n) is 4.07. The summed E-state index contributed by atoms with van der Waals surface area (Å²) < 4.78 is 5.61. The van der Waals surface area contributed by atoms with Crippen LogP contribution < -0.4 is 5.32 Å². The molecule has 5 heteroatoms. The van der Waals surface area contributed by atoms with E-state index < -0.39 is 0 Å². The Bertz CT molecular complexity index is 438. The molecular weight excluding hydrogens is 242 g/mol. The number of amides is 1. The number of nitrogens with one attached hydrogen (secondary N) is 2. The lowest BCUT2D eigenvalue weighted by atomic mass is 9.93. The van der Waals surface area contributed by atoms with Crippen molar-refractivity contribution >= 4 is 5.91 Å². The summed E-state index contributed by atoms with van der Waals surface area (Å²) in [6.45, 7) is 0.805. The number of aromatic amines is 1. The van der Waals surface area contributed by atoms with Crippen molar-refractivity contribution in [3.8, 4) is 0 Å². The van der Waals surface area contributed by atoms with Crippen molar-refractivity contribution in [3.63, 3.8) is 0 Å². The van der Waals surface area contributed by atoms with Crippen LogP contribution in [0.25, 0.3) is 0 Å². The second-order valence-electron chi connectivity index (χ2n) is 5.57. The highest BCUT2D eigenvalue weighted by Gasteiger charge is 2.23. The lowest BCUT2D eigenvalue weighted by molar-refractivity contribution is -0.125. The zero-order valence-corrected chi connectivity index (χ0v) is 11.2. The van der Waals surface area contributed by atoms with Crippen molar-refractivity contribution in [3.05, 3.63) is 17.5 Å². The lowest BCUT2D eigenvalue weighted by Gasteiger charge is -2.25. The molecule has 0 spiro atoms. The van der Waals surface area contributed by atoms with Crippen LogP contribution in [0.2, 0.25) is 0 Å². The number of nitrogens with zero attached hydrogens (tertiary/aromatic N) is 1. The number of hydrogen-bond donors (Lipinski definition) is 2. The number of carbonyl (C=O) groups excluding carboxylic acids is 1. The Labute approximate surface area is 113 Å². The summed E-state index contributed by atoms with van der Waals surface area (Å²) >= 11 is 0. The Morgan fingerprint density at radius 2 is 2.42 bits per heavy atom. The maximum absolute atomic E-state index is 12.0. The van der Waals surface area contributed by atoms with Gasteiger partial charge >= 0.3 is 0 Å². The van der Waals surface area contributed by atoms with Crippen molar-refractivity contribution in [1.29, 1.82) is 0 Å². The number of fused-ring (bicyclic) bond motifs is 1. The van der Waals surface area contributed by atoms with Gasteiger partial charge < -0.3 is 10.1 Å². The molecule has 5 nitrogen and oxygen atoms in total. The lowest BCUT2D eigenvalue weighted by Crippen LogP contribution is -2.40. The molecule has 1 fully saturated rings. The molecule has 104 valence electrons. The number of rotatable bonds is 3. The van der Waals surface area contributed by atoms with Crippen LogP contribution in [-0.2, 0) is 22.4 Å². The Balaban J connectivity index is 1.47. The molecule has 0 radical (unpaired) electrons. The highest BCUT2D eigenvalue weighted by molar-refractivity contribution is 5.76. The molecule has 1 saturated heterocycles. The fourth-order valence-corrected chi connectivity index (χ4v) is 3.00. The third kappa shape index (κ3) is 3.15. The Kier molecular flexibility index (Phi) is 3.82. The molecule has 1 aliphatic carbocycles. The molecule has 0 saturated carbocycles. The second kappa shape index (κ2) is 5.74. The maximum atomic E-state index is 12.0. The predicted molar refractivity (Wildman–Crippen MR) is 70.8 cm³/mol. The first kappa shape index (κ1) is 12.7. The van der Waals surface area contributed by atoms with E-state index in [1.807, 2.05) is 6.20 Å². The third-order valence-corrected chi connectivity index (χ3v) is 4.07. The van der Waals surface area contributed by atoms with Crippen LogP contribution in [0.4, 0.5) is 0 Å². The monoisotopic (exact) mass is 263 g/mol. The first-order valence-electron chi connectivity index (χ1n) is 7.23. The van der Waals surface area contributed by atoms with Crippen LogP contribution in [-0.4, -0.2) is 34.9 Å². The Morgan fingerprint density at radius 3 is 3.26 bits per heavy atom. The van der Waals surface area contributed by atoms with Gasteiger partial charge in [-0.1, -0.05) is 0 Å². The number of carbonyl (C=O) groups is 1. The number of H-pyrrole nitrogens is 1. The van der Waals surface area contributed by atoms with E-state index in [-0.39, 0.29) is 18.1 Å². The zero-order valence-electron chi connectivity index (χ0n) is 11.2. The molecule has 3 rings (SSSR count). The van der Waals surface area contributed by atoms with E-state index in [0.29, 0.717) is 6.42 Å². The van der Waals surface area contributed by atoms with Gasteiger partial charge in [0.2, 0.25) is 5.91 Å². The number of aromatic nitrogens is 2. The molecule has 1 aromatic heterocycles. The average Bonchev–Trinajstić information content (AvgIpc) is 2.87. The van der Waals surface area contributed by atoms with Gasteiger partial charge in [-0.3, -0.25) is 9.89 Å². The summed E-state index contributed by atoms with van der Waals surface area (Å²) in [5.74, 6) is 0.129. The van der Waals surface area contributed by atoms with E-state index >= 15 is 0 Å². The fourth-order valence-electron chi connectivity index (χ4n) is 3.00. The highest BCUT2D eigenvalue weighted by atomic mass is 16.5. The van der Waals surface area contributed by atoms with Gasteiger partial charge in [0.15, 0.2) is 0 Å². The Morgan fingerprint density at radius 1 is 1.47 bits per heavy atom. The molecule has 1 amide bonds. The zero-order chi connectivity index (χ0) is 13.1. The minimum atomic E-state index is 0.127. The normalized spacial score (nSPS) is 26.7. The van der Waals surface area contributed by atoms with E-state index in [1.54, 1.807) is 0 Å². The second-order valence-corrected chi connectivity index (χ2v) is 5.57. The molecule has 2 heterocycles. The summed E-state index contributed by atoms with van der Waals surface area (Å²) in [7, 11) is 0. The van der Waals surface area contributed by atoms with Crippen molar-refractivity contribution in [2.45, 2.75) is 57.1 Å². The summed E-state index contributed by atoms with van der Waals surface area (Å²) in [5.41, 5.74) is 2.46. The van der Waals surface area contributed by atoms with E-state index in [2.05, 4.69) is 15.5 Å². The van der Waals surface area contributed by atoms with Gasteiger partial charge in [0.05, 0.1) is 18.7 Å². The predicted octanol–water partition coefficient (Wildman–Crippen LogP) is 1.34.